The molecule has 6 nitrogen and oxygen atoms in total. The largest absolute Gasteiger partial charge is 0.478 e. The zero-order chi connectivity index (χ0) is 15.0. The van der Waals surface area contributed by atoms with Gasteiger partial charge in [0.2, 0.25) is 0 Å². The van der Waals surface area contributed by atoms with E-state index in [0.29, 0.717) is 11.4 Å². The number of benzene rings is 1. The highest BCUT2D eigenvalue weighted by molar-refractivity contribution is 7.15. The van der Waals surface area contributed by atoms with E-state index >= 15 is 0 Å². The summed E-state index contributed by atoms with van der Waals surface area (Å²) in [7, 11) is 0. The lowest BCUT2D eigenvalue weighted by Crippen LogP contribution is -2.12. The van der Waals surface area contributed by atoms with E-state index in [-0.39, 0.29) is 11.5 Å². The standard InChI is InChI=1S/C14H11N3O3S/c1-8-7-21-14-16-11(6-17(8)14)12(18)15-10-4-2-9(3-5-10)13(19)20/h2-7H,1H3,(H,15,18)(H,19,20). The number of hydrogen-bond donors (Lipinski definition) is 2. The molecule has 0 saturated carbocycles. The number of carbonyl (C=O) groups excluding carboxylic acids is 1. The summed E-state index contributed by atoms with van der Waals surface area (Å²) in [5.74, 6) is -1.33. The highest BCUT2D eigenvalue weighted by Crippen LogP contribution is 2.17. The lowest BCUT2D eigenvalue weighted by Gasteiger charge is -2.03. The molecule has 21 heavy (non-hydrogen) atoms. The van der Waals surface area contributed by atoms with Crippen molar-refractivity contribution < 1.29 is 14.7 Å². The van der Waals surface area contributed by atoms with Crippen LogP contribution in [0.4, 0.5) is 5.69 Å². The molecule has 0 saturated heterocycles. The number of carboxylic acid groups (broad SMARTS) is 1. The molecule has 3 rings (SSSR count). The van der Waals surface area contributed by atoms with Crippen molar-refractivity contribution in [1.82, 2.24) is 9.38 Å². The lowest BCUT2D eigenvalue weighted by atomic mass is 10.2. The maximum atomic E-state index is 12.1. The molecule has 0 spiro atoms. The lowest BCUT2D eigenvalue weighted by molar-refractivity contribution is 0.0696. The Bertz CT molecular complexity index is 833. The van der Waals surface area contributed by atoms with Crippen molar-refractivity contribution in [3.05, 3.63) is 52.8 Å². The number of hydrogen-bond acceptors (Lipinski definition) is 4. The highest BCUT2D eigenvalue weighted by atomic mass is 32.1. The number of carboxylic acids is 1. The van der Waals surface area contributed by atoms with Crippen LogP contribution in [0.5, 0.6) is 0 Å². The number of amides is 1. The Balaban J connectivity index is 1.80. The topological polar surface area (TPSA) is 83.7 Å². The molecule has 0 aliphatic rings. The maximum absolute atomic E-state index is 12.1. The third-order valence-electron chi connectivity index (χ3n) is 3.01. The van der Waals surface area contributed by atoms with Crippen LogP contribution in [-0.2, 0) is 0 Å². The van der Waals surface area contributed by atoms with Crippen LogP contribution in [0.1, 0.15) is 26.5 Å². The van der Waals surface area contributed by atoms with Gasteiger partial charge in [0, 0.05) is 23.0 Å². The van der Waals surface area contributed by atoms with Gasteiger partial charge in [-0.15, -0.1) is 11.3 Å². The monoisotopic (exact) mass is 301 g/mol. The van der Waals surface area contributed by atoms with Crippen LogP contribution in [0.15, 0.2) is 35.8 Å². The van der Waals surface area contributed by atoms with Crippen LogP contribution in [-0.4, -0.2) is 26.4 Å². The van der Waals surface area contributed by atoms with Crippen LogP contribution in [0.25, 0.3) is 4.96 Å². The number of carbonyl (C=O) groups is 2. The number of aryl methyl sites for hydroxylation is 1. The molecule has 2 aromatic heterocycles. The molecule has 0 atom stereocenters. The smallest absolute Gasteiger partial charge is 0.335 e. The molecule has 0 unspecified atom stereocenters. The third-order valence-corrected chi connectivity index (χ3v) is 3.97. The summed E-state index contributed by atoms with van der Waals surface area (Å²) in [5.41, 5.74) is 2.05. The summed E-state index contributed by atoms with van der Waals surface area (Å²) < 4.78 is 1.85. The summed E-state index contributed by atoms with van der Waals surface area (Å²) >= 11 is 1.47. The molecule has 0 bridgehead atoms. The van der Waals surface area contributed by atoms with Crippen LogP contribution in [0.3, 0.4) is 0 Å². The summed E-state index contributed by atoms with van der Waals surface area (Å²) in [6, 6.07) is 5.97. The van der Waals surface area contributed by atoms with E-state index in [0.717, 1.165) is 10.7 Å². The molecular formula is C14H11N3O3S. The minimum Gasteiger partial charge on any atom is -0.478 e. The SMILES string of the molecule is Cc1csc2nc(C(=O)Nc3ccc(C(=O)O)cc3)cn12. The maximum Gasteiger partial charge on any atom is 0.335 e. The molecule has 106 valence electrons. The fourth-order valence-corrected chi connectivity index (χ4v) is 2.75. The first kappa shape index (κ1) is 13.3. The molecule has 3 aromatic rings. The van der Waals surface area contributed by atoms with E-state index in [9.17, 15) is 9.59 Å². The summed E-state index contributed by atoms with van der Waals surface area (Å²) in [6.07, 6.45) is 1.68. The van der Waals surface area contributed by atoms with Gasteiger partial charge in [-0.05, 0) is 31.2 Å². The van der Waals surface area contributed by atoms with Crippen LogP contribution < -0.4 is 5.32 Å². The fourth-order valence-electron chi connectivity index (χ4n) is 1.89. The number of imidazole rings is 1. The van der Waals surface area contributed by atoms with Gasteiger partial charge in [0.15, 0.2) is 4.96 Å². The van der Waals surface area contributed by atoms with E-state index in [2.05, 4.69) is 10.3 Å². The second-order valence-electron chi connectivity index (χ2n) is 4.49. The van der Waals surface area contributed by atoms with Crippen molar-refractivity contribution in [1.29, 1.82) is 0 Å². The van der Waals surface area contributed by atoms with E-state index in [1.54, 1.807) is 18.3 Å². The number of fused-ring (bicyclic) bond motifs is 1. The first-order chi connectivity index (χ1) is 10.0. The van der Waals surface area contributed by atoms with E-state index in [4.69, 9.17) is 5.11 Å². The number of thiazole rings is 1. The quantitative estimate of drug-likeness (QED) is 0.779. The Labute approximate surface area is 123 Å². The van der Waals surface area contributed by atoms with Crippen LogP contribution >= 0.6 is 11.3 Å². The van der Waals surface area contributed by atoms with Gasteiger partial charge >= 0.3 is 5.97 Å². The molecule has 2 heterocycles. The van der Waals surface area contributed by atoms with Crippen LogP contribution in [0.2, 0.25) is 0 Å². The predicted octanol–water partition coefficient (Wildman–Crippen LogP) is 2.65. The Morgan fingerprint density at radius 2 is 2.00 bits per heavy atom. The minimum atomic E-state index is -1.00. The van der Waals surface area contributed by atoms with E-state index < -0.39 is 5.97 Å². The van der Waals surface area contributed by atoms with E-state index in [1.807, 2.05) is 16.7 Å². The number of aromatic nitrogens is 2. The highest BCUT2D eigenvalue weighted by Gasteiger charge is 2.13. The molecular weight excluding hydrogens is 290 g/mol. The average Bonchev–Trinajstić information content (AvgIpc) is 3.02. The van der Waals surface area contributed by atoms with Gasteiger partial charge in [-0.25, -0.2) is 9.78 Å². The van der Waals surface area contributed by atoms with Crippen molar-refractivity contribution in [3.63, 3.8) is 0 Å². The molecule has 0 aliphatic heterocycles. The third kappa shape index (κ3) is 2.50. The Kier molecular flexibility index (Phi) is 3.19. The molecule has 2 N–H and O–H groups in total. The summed E-state index contributed by atoms with van der Waals surface area (Å²) in [5, 5.41) is 13.5. The second-order valence-corrected chi connectivity index (χ2v) is 5.33. The number of nitrogens with one attached hydrogen (secondary N) is 1. The zero-order valence-corrected chi connectivity index (χ0v) is 11.8. The van der Waals surface area contributed by atoms with Gasteiger partial charge in [0.05, 0.1) is 5.56 Å². The molecule has 1 amide bonds. The first-order valence-electron chi connectivity index (χ1n) is 6.12. The molecule has 0 aliphatic carbocycles. The van der Waals surface area contributed by atoms with Crippen LogP contribution in [0, 0.1) is 6.92 Å². The van der Waals surface area contributed by atoms with Gasteiger partial charge in [0.25, 0.3) is 5.91 Å². The minimum absolute atomic E-state index is 0.172. The normalized spacial score (nSPS) is 10.7. The Morgan fingerprint density at radius 1 is 1.29 bits per heavy atom. The molecule has 0 fully saturated rings. The van der Waals surface area contributed by atoms with Gasteiger partial charge in [-0.1, -0.05) is 0 Å². The van der Waals surface area contributed by atoms with Crippen molar-refractivity contribution in [2.24, 2.45) is 0 Å². The molecule has 7 heteroatoms. The average molecular weight is 301 g/mol. The summed E-state index contributed by atoms with van der Waals surface area (Å²) in [6.45, 7) is 1.94. The van der Waals surface area contributed by atoms with Crippen molar-refractivity contribution in [2.45, 2.75) is 6.92 Å². The number of anilines is 1. The van der Waals surface area contributed by atoms with Gasteiger partial charge in [-0.3, -0.25) is 9.20 Å². The van der Waals surface area contributed by atoms with Crippen molar-refractivity contribution in [3.8, 4) is 0 Å². The predicted molar refractivity (Wildman–Crippen MR) is 79.2 cm³/mol. The second kappa shape index (κ2) is 5.02. The van der Waals surface area contributed by atoms with Gasteiger partial charge < -0.3 is 10.4 Å². The van der Waals surface area contributed by atoms with Gasteiger partial charge in [-0.2, -0.15) is 0 Å². The Morgan fingerprint density at radius 3 is 2.62 bits per heavy atom. The van der Waals surface area contributed by atoms with Crippen molar-refractivity contribution in [2.75, 3.05) is 5.32 Å². The summed E-state index contributed by atoms with van der Waals surface area (Å²) in [4.78, 5) is 27.9. The molecule has 0 radical (unpaired) electrons. The Hall–Kier alpha value is -2.67. The first-order valence-corrected chi connectivity index (χ1v) is 7.00. The fraction of sp³-hybridized carbons (Fsp3) is 0.0714. The number of rotatable bonds is 3. The molecule has 1 aromatic carbocycles. The number of nitrogens with zero attached hydrogens (tertiary/aromatic N) is 2. The van der Waals surface area contributed by atoms with Crippen molar-refractivity contribution >= 4 is 33.9 Å². The van der Waals surface area contributed by atoms with E-state index in [1.165, 1.54) is 23.5 Å². The van der Waals surface area contributed by atoms with Gasteiger partial charge in [0.1, 0.15) is 5.69 Å². The zero-order valence-electron chi connectivity index (χ0n) is 11.0. The number of aromatic carboxylic acids is 1.